The van der Waals surface area contributed by atoms with Gasteiger partial charge in [-0.25, -0.2) is 0 Å². The molecule has 0 aromatic heterocycles. The monoisotopic (exact) mass is 237 g/mol. The van der Waals surface area contributed by atoms with Crippen LogP contribution in [0.1, 0.15) is 38.7 Å². The van der Waals surface area contributed by atoms with Crippen LogP contribution in [-0.4, -0.2) is 22.5 Å². The molecule has 0 unspecified atom stereocenters. The van der Waals surface area contributed by atoms with Gasteiger partial charge in [-0.05, 0) is 38.0 Å². The summed E-state index contributed by atoms with van der Waals surface area (Å²) in [4.78, 5) is 5.06. The first kappa shape index (κ1) is 13.4. The molecular weight excluding hydrogens is 218 g/mol. The van der Waals surface area contributed by atoms with E-state index < -0.39 is 0 Å². The van der Waals surface area contributed by atoms with Crippen LogP contribution in [0.15, 0.2) is 23.4 Å². The molecule has 0 spiro atoms. The van der Waals surface area contributed by atoms with Crippen molar-refractivity contribution in [1.29, 1.82) is 0 Å². The Hall–Kier alpha value is -1.71. The fraction of sp³-hybridized carbons (Fsp3) is 0.462. The molecule has 0 saturated heterocycles. The van der Waals surface area contributed by atoms with E-state index in [2.05, 4.69) is 12.1 Å². The van der Waals surface area contributed by atoms with E-state index in [1.165, 1.54) is 12.1 Å². The average molecular weight is 237 g/mol. The van der Waals surface area contributed by atoms with Crippen molar-refractivity contribution in [2.75, 3.05) is 6.61 Å². The van der Waals surface area contributed by atoms with Crippen LogP contribution in [0, 0.1) is 0 Å². The third kappa shape index (κ3) is 3.98. The second-order valence-corrected chi connectivity index (χ2v) is 3.76. The second-order valence-electron chi connectivity index (χ2n) is 3.76. The highest BCUT2D eigenvalue weighted by atomic mass is 16.6. The number of oxime groups is 1. The number of hydrogen-bond acceptors (Lipinski definition) is 4. The molecule has 0 amide bonds. The zero-order valence-electron chi connectivity index (χ0n) is 10.3. The molecule has 17 heavy (non-hydrogen) atoms. The van der Waals surface area contributed by atoms with Gasteiger partial charge in [0.05, 0.1) is 5.71 Å². The number of hydrogen-bond donors (Lipinski definition) is 2. The summed E-state index contributed by atoms with van der Waals surface area (Å²) in [7, 11) is 0. The van der Waals surface area contributed by atoms with Gasteiger partial charge in [0.1, 0.15) is 6.61 Å². The summed E-state index contributed by atoms with van der Waals surface area (Å²) in [6.07, 6.45) is 2.86. The molecule has 4 heteroatoms. The van der Waals surface area contributed by atoms with Gasteiger partial charge in [-0.3, -0.25) is 0 Å². The number of unbranched alkanes of at least 4 members (excludes halogenated alkanes) is 1. The largest absolute Gasteiger partial charge is 0.504 e. The molecule has 4 nitrogen and oxygen atoms in total. The van der Waals surface area contributed by atoms with Crippen molar-refractivity contribution >= 4 is 5.71 Å². The SMILES string of the molecule is CCCC/C(=N\OCC)c1ccc(O)c(O)c1. The van der Waals surface area contributed by atoms with Gasteiger partial charge in [0.2, 0.25) is 0 Å². The van der Waals surface area contributed by atoms with Gasteiger partial charge >= 0.3 is 0 Å². The predicted molar refractivity (Wildman–Crippen MR) is 67.5 cm³/mol. The van der Waals surface area contributed by atoms with E-state index in [9.17, 15) is 10.2 Å². The van der Waals surface area contributed by atoms with Gasteiger partial charge < -0.3 is 15.1 Å². The molecule has 1 aromatic carbocycles. The van der Waals surface area contributed by atoms with E-state index >= 15 is 0 Å². The summed E-state index contributed by atoms with van der Waals surface area (Å²) < 4.78 is 0. The maximum atomic E-state index is 9.45. The first-order valence-corrected chi connectivity index (χ1v) is 5.90. The Morgan fingerprint density at radius 1 is 1.24 bits per heavy atom. The number of nitrogens with zero attached hydrogens (tertiary/aromatic N) is 1. The zero-order valence-corrected chi connectivity index (χ0v) is 10.3. The van der Waals surface area contributed by atoms with E-state index in [1.807, 2.05) is 6.92 Å². The Morgan fingerprint density at radius 3 is 2.59 bits per heavy atom. The number of benzene rings is 1. The molecule has 0 atom stereocenters. The van der Waals surface area contributed by atoms with Crippen molar-refractivity contribution in [3.63, 3.8) is 0 Å². The van der Waals surface area contributed by atoms with Crippen LogP contribution in [0.5, 0.6) is 11.5 Å². The molecule has 0 radical (unpaired) electrons. The van der Waals surface area contributed by atoms with E-state index in [0.717, 1.165) is 30.5 Å². The normalized spacial score (nSPS) is 11.5. The van der Waals surface area contributed by atoms with Gasteiger partial charge in [0.15, 0.2) is 11.5 Å². The van der Waals surface area contributed by atoms with Gasteiger partial charge in [-0.15, -0.1) is 0 Å². The molecule has 94 valence electrons. The summed E-state index contributed by atoms with van der Waals surface area (Å²) >= 11 is 0. The Morgan fingerprint density at radius 2 is 2.00 bits per heavy atom. The number of phenols is 2. The van der Waals surface area contributed by atoms with E-state index in [0.29, 0.717) is 6.61 Å². The molecule has 1 rings (SSSR count). The number of rotatable bonds is 6. The van der Waals surface area contributed by atoms with Gasteiger partial charge in [0, 0.05) is 5.56 Å². The maximum absolute atomic E-state index is 9.45. The standard InChI is InChI=1S/C13H19NO3/c1-3-5-6-11(14-17-4-2)10-7-8-12(15)13(16)9-10/h7-9,15-16H,3-6H2,1-2H3/b14-11+. The Bertz CT molecular complexity index is 388. The van der Waals surface area contributed by atoms with Crippen LogP contribution in [0.4, 0.5) is 0 Å². The summed E-state index contributed by atoms with van der Waals surface area (Å²) in [5.41, 5.74) is 1.58. The number of aromatic hydroxyl groups is 2. The molecule has 0 saturated carbocycles. The highest BCUT2D eigenvalue weighted by Crippen LogP contribution is 2.26. The Kier molecular flexibility index (Phi) is 5.33. The summed E-state index contributed by atoms with van der Waals surface area (Å²) in [6, 6.07) is 4.68. The smallest absolute Gasteiger partial charge is 0.158 e. The molecule has 0 aliphatic heterocycles. The van der Waals surface area contributed by atoms with Crippen LogP contribution in [0.3, 0.4) is 0 Å². The van der Waals surface area contributed by atoms with Crippen molar-refractivity contribution in [3.05, 3.63) is 23.8 Å². The van der Waals surface area contributed by atoms with Crippen LogP contribution >= 0.6 is 0 Å². The van der Waals surface area contributed by atoms with Crippen molar-refractivity contribution in [1.82, 2.24) is 0 Å². The lowest BCUT2D eigenvalue weighted by Gasteiger charge is -2.07. The van der Waals surface area contributed by atoms with Crippen molar-refractivity contribution in [2.24, 2.45) is 5.16 Å². The van der Waals surface area contributed by atoms with E-state index in [-0.39, 0.29) is 11.5 Å². The first-order valence-electron chi connectivity index (χ1n) is 5.90. The third-order valence-electron chi connectivity index (χ3n) is 2.38. The molecule has 0 aliphatic carbocycles. The van der Waals surface area contributed by atoms with Crippen molar-refractivity contribution in [2.45, 2.75) is 33.1 Å². The topological polar surface area (TPSA) is 62.0 Å². The quantitative estimate of drug-likeness (QED) is 0.454. The molecule has 1 aromatic rings. The molecule has 2 N–H and O–H groups in total. The lowest BCUT2D eigenvalue weighted by Crippen LogP contribution is -2.02. The fourth-order valence-corrected chi connectivity index (χ4v) is 1.43. The molecule has 0 fully saturated rings. The van der Waals surface area contributed by atoms with Gasteiger partial charge in [0.25, 0.3) is 0 Å². The summed E-state index contributed by atoms with van der Waals surface area (Å²) in [5, 5.41) is 22.8. The summed E-state index contributed by atoms with van der Waals surface area (Å²) in [6.45, 7) is 4.49. The molecular formula is C13H19NO3. The highest BCUT2D eigenvalue weighted by molar-refractivity contribution is 6.00. The van der Waals surface area contributed by atoms with E-state index in [4.69, 9.17) is 4.84 Å². The van der Waals surface area contributed by atoms with Crippen LogP contribution in [0.2, 0.25) is 0 Å². The van der Waals surface area contributed by atoms with Crippen molar-refractivity contribution < 1.29 is 15.1 Å². The average Bonchev–Trinajstić information content (AvgIpc) is 2.33. The maximum Gasteiger partial charge on any atom is 0.158 e. The third-order valence-corrected chi connectivity index (χ3v) is 2.38. The van der Waals surface area contributed by atoms with Crippen LogP contribution in [0.25, 0.3) is 0 Å². The van der Waals surface area contributed by atoms with Gasteiger partial charge in [-0.1, -0.05) is 18.5 Å². The molecule has 0 heterocycles. The summed E-state index contributed by atoms with van der Waals surface area (Å²) in [5.74, 6) is -0.261. The zero-order chi connectivity index (χ0) is 12.7. The Labute approximate surface area is 102 Å². The number of phenolic OH excluding ortho intramolecular Hbond substituents is 2. The lowest BCUT2D eigenvalue weighted by atomic mass is 10.0. The van der Waals surface area contributed by atoms with Crippen molar-refractivity contribution in [3.8, 4) is 11.5 Å². The minimum atomic E-state index is -0.136. The Balaban J connectivity index is 2.91. The van der Waals surface area contributed by atoms with E-state index in [1.54, 1.807) is 6.07 Å². The van der Waals surface area contributed by atoms with Crippen LogP contribution in [-0.2, 0) is 4.84 Å². The fourth-order valence-electron chi connectivity index (χ4n) is 1.43. The second kappa shape index (κ2) is 6.78. The minimum Gasteiger partial charge on any atom is -0.504 e. The predicted octanol–water partition coefficient (Wildman–Crippen LogP) is 3.03. The molecule has 0 bridgehead atoms. The van der Waals surface area contributed by atoms with Gasteiger partial charge in [-0.2, -0.15) is 0 Å². The highest BCUT2D eigenvalue weighted by Gasteiger charge is 2.07. The molecule has 0 aliphatic rings. The minimum absolute atomic E-state index is 0.125. The first-order chi connectivity index (χ1) is 8.19. The van der Waals surface area contributed by atoms with Crippen LogP contribution < -0.4 is 0 Å². The lowest BCUT2D eigenvalue weighted by molar-refractivity contribution is 0.158.